The number of nitrogens with zero attached hydrogens (tertiary/aromatic N) is 3. The predicted molar refractivity (Wildman–Crippen MR) is 64.6 cm³/mol. The number of anilines is 3. The summed E-state index contributed by atoms with van der Waals surface area (Å²) < 4.78 is 1.76. The van der Waals surface area contributed by atoms with Crippen molar-refractivity contribution in [2.45, 2.75) is 13.8 Å². The van der Waals surface area contributed by atoms with Gasteiger partial charge in [-0.05, 0) is 19.4 Å². The summed E-state index contributed by atoms with van der Waals surface area (Å²) in [6.07, 6.45) is 3.66. The highest BCUT2D eigenvalue weighted by atomic mass is 15.3. The fourth-order valence-corrected chi connectivity index (χ4v) is 1.47. The van der Waals surface area contributed by atoms with Gasteiger partial charge in [-0.25, -0.2) is 4.98 Å². The van der Waals surface area contributed by atoms with Crippen molar-refractivity contribution in [3.63, 3.8) is 0 Å². The molecule has 0 atom stereocenters. The van der Waals surface area contributed by atoms with Crippen molar-refractivity contribution in [2.24, 2.45) is 7.05 Å². The van der Waals surface area contributed by atoms with E-state index in [9.17, 15) is 0 Å². The third-order valence-electron chi connectivity index (χ3n) is 2.42. The summed E-state index contributed by atoms with van der Waals surface area (Å²) in [6, 6.07) is 1.82. The van der Waals surface area contributed by atoms with Crippen molar-refractivity contribution in [3.05, 3.63) is 29.7 Å². The van der Waals surface area contributed by atoms with E-state index in [1.54, 1.807) is 10.9 Å². The molecule has 2 aromatic heterocycles. The Balaban J connectivity index is 2.27. The van der Waals surface area contributed by atoms with E-state index in [2.05, 4.69) is 15.4 Å². The van der Waals surface area contributed by atoms with E-state index < -0.39 is 0 Å². The van der Waals surface area contributed by atoms with Crippen molar-refractivity contribution in [1.82, 2.24) is 14.8 Å². The number of hydrogen-bond acceptors (Lipinski definition) is 4. The lowest BCUT2D eigenvalue weighted by molar-refractivity contribution is 0.756. The van der Waals surface area contributed by atoms with Crippen LogP contribution in [0.3, 0.4) is 0 Å². The maximum Gasteiger partial charge on any atom is 0.132 e. The minimum atomic E-state index is 0.735. The quantitative estimate of drug-likeness (QED) is 0.804. The Morgan fingerprint density at radius 3 is 2.69 bits per heavy atom. The second-order valence-electron chi connectivity index (χ2n) is 3.85. The van der Waals surface area contributed by atoms with Gasteiger partial charge in [-0.15, -0.1) is 0 Å². The molecule has 0 aliphatic rings. The fraction of sp³-hybridized carbons (Fsp3) is 0.273. The van der Waals surface area contributed by atoms with Gasteiger partial charge in [0.05, 0.1) is 11.4 Å². The lowest BCUT2D eigenvalue weighted by Crippen LogP contribution is -1.97. The van der Waals surface area contributed by atoms with E-state index in [0.29, 0.717) is 0 Å². The summed E-state index contributed by atoms with van der Waals surface area (Å²) in [5, 5.41) is 7.43. The maximum atomic E-state index is 5.82. The molecule has 0 spiro atoms. The van der Waals surface area contributed by atoms with Crippen LogP contribution in [0.25, 0.3) is 0 Å². The van der Waals surface area contributed by atoms with E-state index in [1.807, 2.05) is 33.2 Å². The van der Waals surface area contributed by atoms with Crippen LogP contribution in [0.2, 0.25) is 0 Å². The lowest BCUT2D eigenvalue weighted by Gasteiger charge is -2.05. The molecular weight excluding hydrogens is 202 g/mol. The first-order valence-electron chi connectivity index (χ1n) is 5.05. The number of pyridine rings is 1. The van der Waals surface area contributed by atoms with Crippen molar-refractivity contribution >= 4 is 17.2 Å². The Morgan fingerprint density at radius 2 is 2.12 bits per heavy atom. The molecule has 0 aliphatic carbocycles. The zero-order chi connectivity index (χ0) is 11.7. The molecule has 0 amide bonds. The van der Waals surface area contributed by atoms with Crippen LogP contribution in [0, 0.1) is 13.8 Å². The topological polar surface area (TPSA) is 68.8 Å². The third kappa shape index (κ3) is 1.98. The monoisotopic (exact) mass is 217 g/mol. The molecule has 0 unspecified atom stereocenters. The molecule has 2 aromatic rings. The lowest BCUT2D eigenvalue weighted by atomic mass is 10.2. The Morgan fingerprint density at radius 1 is 1.38 bits per heavy atom. The summed E-state index contributed by atoms with van der Waals surface area (Å²) >= 11 is 0. The first kappa shape index (κ1) is 10.5. The van der Waals surface area contributed by atoms with Gasteiger partial charge >= 0.3 is 0 Å². The van der Waals surface area contributed by atoms with E-state index in [-0.39, 0.29) is 0 Å². The van der Waals surface area contributed by atoms with Gasteiger partial charge in [0, 0.05) is 31.2 Å². The molecule has 2 heterocycles. The highest BCUT2D eigenvalue weighted by Crippen LogP contribution is 2.20. The standard InChI is InChI=1S/C11H15N5/c1-7-5-13-11(4-9(7)12)14-10-6-16(3)15-8(10)2/h4-6H,1-3H3,(H3,12,13,14). The first-order valence-corrected chi connectivity index (χ1v) is 5.05. The smallest absolute Gasteiger partial charge is 0.132 e. The fourth-order valence-electron chi connectivity index (χ4n) is 1.47. The molecule has 84 valence electrons. The molecule has 0 fully saturated rings. The van der Waals surface area contributed by atoms with Gasteiger partial charge in [0.2, 0.25) is 0 Å². The number of rotatable bonds is 2. The summed E-state index contributed by atoms with van der Waals surface area (Å²) in [4.78, 5) is 4.26. The molecule has 0 bridgehead atoms. The van der Waals surface area contributed by atoms with Crippen LogP contribution < -0.4 is 11.1 Å². The van der Waals surface area contributed by atoms with E-state index in [4.69, 9.17) is 5.73 Å². The summed E-state index contributed by atoms with van der Waals surface area (Å²) in [6.45, 7) is 3.88. The molecule has 3 N–H and O–H groups in total. The molecule has 0 aromatic carbocycles. The average Bonchev–Trinajstić information content (AvgIpc) is 2.51. The second kappa shape index (κ2) is 3.84. The van der Waals surface area contributed by atoms with E-state index >= 15 is 0 Å². The number of nitrogens with one attached hydrogen (secondary N) is 1. The van der Waals surface area contributed by atoms with Crippen molar-refractivity contribution in [3.8, 4) is 0 Å². The number of nitrogen functional groups attached to an aromatic ring is 1. The Hall–Kier alpha value is -2.04. The molecule has 16 heavy (non-hydrogen) atoms. The maximum absolute atomic E-state index is 5.82. The molecule has 2 rings (SSSR count). The van der Waals surface area contributed by atoms with Gasteiger partial charge in [0.25, 0.3) is 0 Å². The molecule has 0 saturated carbocycles. The SMILES string of the molecule is Cc1cnc(Nc2cn(C)nc2C)cc1N. The summed E-state index contributed by atoms with van der Waals surface area (Å²) in [7, 11) is 1.88. The number of hydrogen-bond donors (Lipinski definition) is 2. The molecule has 5 nitrogen and oxygen atoms in total. The molecule has 0 aliphatic heterocycles. The first-order chi connectivity index (χ1) is 7.56. The number of nitrogens with two attached hydrogens (primary N) is 1. The largest absolute Gasteiger partial charge is 0.398 e. The molecule has 0 radical (unpaired) electrons. The zero-order valence-electron chi connectivity index (χ0n) is 9.65. The van der Waals surface area contributed by atoms with Gasteiger partial charge in [-0.2, -0.15) is 5.10 Å². The van der Waals surface area contributed by atoms with Crippen LogP contribution in [0.5, 0.6) is 0 Å². The minimum absolute atomic E-state index is 0.735. The van der Waals surface area contributed by atoms with Crippen molar-refractivity contribution in [1.29, 1.82) is 0 Å². The van der Waals surface area contributed by atoms with E-state index in [0.717, 1.165) is 28.5 Å². The van der Waals surface area contributed by atoms with Crippen LogP contribution in [0.15, 0.2) is 18.5 Å². The van der Waals surface area contributed by atoms with Gasteiger partial charge < -0.3 is 11.1 Å². The minimum Gasteiger partial charge on any atom is -0.398 e. The van der Waals surface area contributed by atoms with Crippen LogP contribution >= 0.6 is 0 Å². The van der Waals surface area contributed by atoms with Crippen LogP contribution in [0.4, 0.5) is 17.2 Å². The van der Waals surface area contributed by atoms with Gasteiger partial charge in [0.15, 0.2) is 0 Å². The van der Waals surface area contributed by atoms with Crippen LogP contribution in [-0.2, 0) is 7.05 Å². The average molecular weight is 217 g/mol. The number of aryl methyl sites for hydroxylation is 3. The molecule has 0 saturated heterocycles. The van der Waals surface area contributed by atoms with Crippen LogP contribution in [-0.4, -0.2) is 14.8 Å². The van der Waals surface area contributed by atoms with Gasteiger partial charge in [-0.1, -0.05) is 0 Å². The second-order valence-corrected chi connectivity index (χ2v) is 3.85. The molecule has 5 heteroatoms. The van der Waals surface area contributed by atoms with E-state index in [1.165, 1.54) is 0 Å². The molecular formula is C11H15N5. The summed E-state index contributed by atoms with van der Waals surface area (Å²) in [5.74, 6) is 0.735. The highest BCUT2D eigenvalue weighted by molar-refractivity contribution is 5.62. The predicted octanol–water partition coefficient (Wildman–Crippen LogP) is 1.76. The van der Waals surface area contributed by atoms with Gasteiger partial charge in [-0.3, -0.25) is 4.68 Å². The summed E-state index contributed by atoms with van der Waals surface area (Å²) in [5.41, 5.74) is 9.41. The Bertz CT molecular complexity index is 515. The zero-order valence-corrected chi connectivity index (χ0v) is 9.65. The Kier molecular flexibility index (Phi) is 2.52. The highest BCUT2D eigenvalue weighted by Gasteiger charge is 2.04. The van der Waals surface area contributed by atoms with Gasteiger partial charge in [0.1, 0.15) is 5.82 Å². The number of aromatic nitrogens is 3. The Labute approximate surface area is 94.3 Å². The van der Waals surface area contributed by atoms with Crippen LogP contribution in [0.1, 0.15) is 11.3 Å². The third-order valence-corrected chi connectivity index (χ3v) is 2.42. The van der Waals surface area contributed by atoms with Crippen molar-refractivity contribution in [2.75, 3.05) is 11.1 Å². The van der Waals surface area contributed by atoms with Crippen molar-refractivity contribution < 1.29 is 0 Å². The normalized spacial score (nSPS) is 10.4.